The monoisotopic (exact) mass is 267 g/mol. The fraction of sp³-hybridized carbons (Fsp3) is 0.500. The molecule has 0 bridgehead atoms. The SMILES string of the molecule is COCCCOc1ccc(CC(N)C(=O)OC)cc1. The predicted octanol–water partition coefficient (Wildman–Crippen LogP) is 1.14. The number of carbonyl (C=O) groups is 1. The highest BCUT2D eigenvalue weighted by Crippen LogP contribution is 2.13. The van der Waals surface area contributed by atoms with Crippen LogP contribution in [-0.4, -0.2) is 39.4 Å². The van der Waals surface area contributed by atoms with E-state index in [9.17, 15) is 4.79 Å². The van der Waals surface area contributed by atoms with E-state index in [4.69, 9.17) is 15.2 Å². The number of rotatable bonds is 8. The van der Waals surface area contributed by atoms with Gasteiger partial charge in [-0.25, -0.2) is 0 Å². The average Bonchev–Trinajstić information content (AvgIpc) is 2.44. The Hall–Kier alpha value is -1.59. The second-order valence-corrected chi connectivity index (χ2v) is 4.17. The summed E-state index contributed by atoms with van der Waals surface area (Å²) < 4.78 is 15.1. The molecular formula is C14H21NO4. The van der Waals surface area contributed by atoms with Gasteiger partial charge in [0.25, 0.3) is 0 Å². The van der Waals surface area contributed by atoms with Crippen molar-refractivity contribution in [3.8, 4) is 5.75 Å². The third kappa shape index (κ3) is 5.72. The van der Waals surface area contributed by atoms with Gasteiger partial charge in [-0.15, -0.1) is 0 Å². The van der Waals surface area contributed by atoms with E-state index in [1.807, 2.05) is 24.3 Å². The minimum absolute atomic E-state index is 0.403. The summed E-state index contributed by atoms with van der Waals surface area (Å²) in [4.78, 5) is 11.2. The molecule has 0 amide bonds. The van der Waals surface area contributed by atoms with Gasteiger partial charge in [0.05, 0.1) is 13.7 Å². The van der Waals surface area contributed by atoms with Crippen LogP contribution in [0.1, 0.15) is 12.0 Å². The van der Waals surface area contributed by atoms with E-state index in [1.54, 1.807) is 7.11 Å². The first-order valence-electron chi connectivity index (χ1n) is 6.21. The first-order valence-corrected chi connectivity index (χ1v) is 6.21. The molecule has 1 unspecified atom stereocenters. The standard InChI is InChI=1S/C14H21NO4/c1-17-8-3-9-19-12-6-4-11(5-7-12)10-13(15)14(16)18-2/h4-7,13H,3,8-10,15H2,1-2H3. The quantitative estimate of drug-likeness (QED) is 0.565. The van der Waals surface area contributed by atoms with Gasteiger partial charge in [0, 0.05) is 20.1 Å². The lowest BCUT2D eigenvalue weighted by molar-refractivity contribution is -0.142. The molecule has 19 heavy (non-hydrogen) atoms. The molecule has 5 nitrogen and oxygen atoms in total. The molecule has 0 spiro atoms. The van der Waals surface area contributed by atoms with Crippen molar-refractivity contribution in [3.05, 3.63) is 29.8 Å². The predicted molar refractivity (Wildman–Crippen MR) is 72.1 cm³/mol. The second-order valence-electron chi connectivity index (χ2n) is 4.17. The van der Waals surface area contributed by atoms with Crippen molar-refractivity contribution < 1.29 is 19.0 Å². The molecule has 0 aromatic heterocycles. The fourth-order valence-corrected chi connectivity index (χ4v) is 1.60. The molecule has 0 aliphatic carbocycles. The number of benzene rings is 1. The lowest BCUT2D eigenvalue weighted by Gasteiger charge is -2.10. The van der Waals surface area contributed by atoms with Crippen molar-refractivity contribution in [1.29, 1.82) is 0 Å². The van der Waals surface area contributed by atoms with E-state index in [2.05, 4.69) is 4.74 Å². The summed E-state index contributed by atoms with van der Waals surface area (Å²) in [5, 5.41) is 0. The van der Waals surface area contributed by atoms with Gasteiger partial charge in [-0.2, -0.15) is 0 Å². The van der Waals surface area contributed by atoms with Crippen molar-refractivity contribution in [2.45, 2.75) is 18.9 Å². The fourth-order valence-electron chi connectivity index (χ4n) is 1.60. The van der Waals surface area contributed by atoms with E-state index >= 15 is 0 Å². The van der Waals surface area contributed by atoms with Crippen LogP contribution in [0.25, 0.3) is 0 Å². The zero-order chi connectivity index (χ0) is 14.1. The van der Waals surface area contributed by atoms with E-state index < -0.39 is 12.0 Å². The summed E-state index contributed by atoms with van der Waals surface area (Å²) in [6.45, 7) is 1.31. The smallest absolute Gasteiger partial charge is 0.322 e. The molecule has 0 saturated heterocycles. The third-order valence-electron chi connectivity index (χ3n) is 2.64. The van der Waals surface area contributed by atoms with Crippen molar-refractivity contribution in [3.63, 3.8) is 0 Å². The van der Waals surface area contributed by atoms with Crippen LogP contribution in [-0.2, 0) is 20.7 Å². The van der Waals surface area contributed by atoms with Crippen LogP contribution in [0.15, 0.2) is 24.3 Å². The third-order valence-corrected chi connectivity index (χ3v) is 2.64. The highest BCUT2D eigenvalue weighted by molar-refractivity contribution is 5.75. The van der Waals surface area contributed by atoms with Gasteiger partial charge in [-0.05, 0) is 24.1 Å². The van der Waals surface area contributed by atoms with E-state index in [0.29, 0.717) is 19.6 Å². The maximum Gasteiger partial charge on any atom is 0.322 e. The Balaban J connectivity index is 2.41. The maximum absolute atomic E-state index is 11.2. The Morgan fingerprint density at radius 3 is 2.47 bits per heavy atom. The first kappa shape index (κ1) is 15.5. The highest BCUT2D eigenvalue weighted by Gasteiger charge is 2.13. The van der Waals surface area contributed by atoms with Gasteiger partial charge >= 0.3 is 5.97 Å². The Bertz CT molecular complexity index is 378. The summed E-state index contributed by atoms with van der Waals surface area (Å²) in [5.74, 6) is 0.395. The maximum atomic E-state index is 11.2. The molecule has 1 rings (SSSR count). The van der Waals surface area contributed by atoms with Gasteiger partial charge in [0.2, 0.25) is 0 Å². The normalized spacial score (nSPS) is 11.9. The molecule has 0 radical (unpaired) electrons. The zero-order valence-corrected chi connectivity index (χ0v) is 11.4. The van der Waals surface area contributed by atoms with Crippen molar-refractivity contribution in [2.75, 3.05) is 27.4 Å². The molecule has 1 aromatic rings. The van der Waals surface area contributed by atoms with Gasteiger partial charge in [-0.3, -0.25) is 4.79 Å². The summed E-state index contributed by atoms with van der Waals surface area (Å²) >= 11 is 0. The van der Waals surface area contributed by atoms with Gasteiger partial charge in [-0.1, -0.05) is 12.1 Å². The van der Waals surface area contributed by atoms with Crippen LogP contribution in [0.4, 0.5) is 0 Å². The Kier molecular flexibility index (Phi) is 6.92. The number of nitrogens with two attached hydrogens (primary N) is 1. The number of methoxy groups -OCH3 is 2. The Labute approximate surface area is 113 Å². The van der Waals surface area contributed by atoms with Crippen LogP contribution in [0.5, 0.6) is 5.75 Å². The average molecular weight is 267 g/mol. The molecule has 106 valence electrons. The minimum atomic E-state index is -0.626. The van der Waals surface area contributed by atoms with Crippen molar-refractivity contribution in [1.82, 2.24) is 0 Å². The van der Waals surface area contributed by atoms with Gasteiger partial charge in [0.15, 0.2) is 0 Å². The topological polar surface area (TPSA) is 70.8 Å². The lowest BCUT2D eigenvalue weighted by atomic mass is 10.1. The summed E-state index contributed by atoms with van der Waals surface area (Å²) in [6, 6.07) is 6.90. The summed E-state index contributed by atoms with van der Waals surface area (Å²) in [6.07, 6.45) is 1.31. The van der Waals surface area contributed by atoms with E-state index in [0.717, 1.165) is 17.7 Å². The molecular weight excluding hydrogens is 246 g/mol. The largest absolute Gasteiger partial charge is 0.494 e. The highest BCUT2D eigenvalue weighted by atomic mass is 16.5. The number of hydrogen-bond donors (Lipinski definition) is 1. The molecule has 0 aliphatic rings. The van der Waals surface area contributed by atoms with Crippen LogP contribution in [0, 0.1) is 0 Å². The second kappa shape index (κ2) is 8.50. The van der Waals surface area contributed by atoms with Crippen LogP contribution in [0.3, 0.4) is 0 Å². The zero-order valence-electron chi connectivity index (χ0n) is 11.4. The molecule has 5 heteroatoms. The molecule has 2 N–H and O–H groups in total. The Morgan fingerprint density at radius 1 is 1.21 bits per heavy atom. The lowest BCUT2D eigenvalue weighted by Crippen LogP contribution is -2.33. The molecule has 0 aliphatic heterocycles. The van der Waals surface area contributed by atoms with E-state index in [1.165, 1.54) is 7.11 Å². The molecule has 1 atom stereocenters. The van der Waals surface area contributed by atoms with Crippen LogP contribution in [0.2, 0.25) is 0 Å². The first-order chi connectivity index (χ1) is 9.17. The number of ether oxygens (including phenoxy) is 3. The van der Waals surface area contributed by atoms with Gasteiger partial charge in [0.1, 0.15) is 11.8 Å². The van der Waals surface area contributed by atoms with Crippen molar-refractivity contribution in [2.24, 2.45) is 5.73 Å². The molecule has 1 aromatic carbocycles. The molecule has 0 heterocycles. The van der Waals surface area contributed by atoms with Gasteiger partial charge < -0.3 is 19.9 Å². The number of esters is 1. The summed E-state index contributed by atoms with van der Waals surface area (Å²) in [5.41, 5.74) is 6.67. The van der Waals surface area contributed by atoms with Crippen LogP contribution >= 0.6 is 0 Å². The number of carbonyl (C=O) groups excluding carboxylic acids is 1. The van der Waals surface area contributed by atoms with Crippen molar-refractivity contribution >= 4 is 5.97 Å². The van der Waals surface area contributed by atoms with E-state index in [-0.39, 0.29) is 0 Å². The number of hydrogen-bond acceptors (Lipinski definition) is 5. The summed E-state index contributed by atoms with van der Waals surface area (Å²) in [7, 11) is 3.00. The minimum Gasteiger partial charge on any atom is -0.494 e. The Morgan fingerprint density at radius 2 is 1.89 bits per heavy atom. The molecule has 0 saturated carbocycles. The molecule has 0 fully saturated rings. The van der Waals surface area contributed by atoms with Crippen LogP contribution < -0.4 is 10.5 Å².